The number of rotatable bonds is 4. The maximum Gasteiger partial charge on any atom is 0.573 e. The summed E-state index contributed by atoms with van der Waals surface area (Å²) in [4.78, 5) is 12.5. The number of nitrogens with zero attached hydrogens (tertiary/aromatic N) is 3. The van der Waals surface area contributed by atoms with Gasteiger partial charge in [0.2, 0.25) is 0 Å². The number of allylic oxidation sites excluding steroid dienone is 1. The summed E-state index contributed by atoms with van der Waals surface area (Å²) < 4.78 is 47.7. The molecule has 2 aromatic rings. The Balaban J connectivity index is 2.66. The molecule has 0 aliphatic carbocycles. The molecule has 0 atom stereocenters. The molecule has 0 N–H and O–H groups in total. The third-order valence-corrected chi connectivity index (χ3v) is 4.38. The van der Waals surface area contributed by atoms with Crippen LogP contribution in [0, 0.1) is 16.7 Å². The van der Waals surface area contributed by atoms with Gasteiger partial charge in [-0.3, -0.25) is 9.48 Å². The molecule has 0 saturated heterocycles. The SMILES string of the molecule is Cn1nc(Cl)c(/C(OC(=O)C(C)(C)C)=C(\C#N)c2ccc(OC(F)(F)F)cc2)c1Cl. The summed E-state index contributed by atoms with van der Waals surface area (Å²) in [6, 6.07) is 6.36. The van der Waals surface area contributed by atoms with Gasteiger partial charge < -0.3 is 9.47 Å². The first-order valence-electron chi connectivity index (χ1n) is 8.35. The van der Waals surface area contributed by atoms with E-state index in [1.165, 1.54) is 23.9 Å². The smallest absolute Gasteiger partial charge is 0.424 e. The zero-order chi connectivity index (χ0) is 22.9. The van der Waals surface area contributed by atoms with E-state index in [-0.39, 0.29) is 32.8 Å². The Bertz CT molecular complexity index is 1030. The van der Waals surface area contributed by atoms with Gasteiger partial charge in [0.1, 0.15) is 22.5 Å². The number of carbonyl (C=O) groups is 1. The summed E-state index contributed by atoms with van der Waals surface area (Å²) in [5.41, 5.74) is -0.953. The quantitative estimate of drug-likeness (QED) is 0.336. The molecule has 1 aromatic heterocycles. The van der Waals surface area contributed by atoms with Crippen molar-refractivity contribution in [1.29, 1.82) is 5.26 Å². The van der Waals surface area contributed by atoms with Gasteiger partial charge in [-0.05, 0) is 50.6 Å². The van der Waals surface area contributed by atoms with Crippen LogP contribution in [0.4, 0.5) is 13.2 Å². The first-order chi connectivity index (χ1) is 13.7. The lowest BCUT2D eigenvalue weighted by atomic mass is 9.97. The summed E-state index contributed by atoms with van der Waals surface area (Å²) >= 11 is 12.4. The summed E-state index contributed by atoms with van der Waals surface area (Å²) in [6.07, 6.45) is -4.86. The van der Waals surface area contributed by atoms with Gasteiger partial charge in [0.25, 0.3) is 0 Å². The molecular weight excluding hydrogens is 446 g/mol. The number of aryl methyl sites for hydroxylation is 1. The van der Waals surface area contributed by atoms with E-state index in [1.54, 1.807) is 20.8 Å². The molecule has 0 radical (unpaired) electrons. The molecule has 6 nitrogen and oxygen atoms in total. The summed E-state index contributed by atoms with van der Waals surface area (Å²) in [5.74, 6) is -1.42. The van der Waals surface area contributed by atoms with Crippen LogP contribution in [0.5, 0.6) is 5.75 Å². The van der Waals surface area contributed by atoms with Crippen molar-refractivity contribution in [2.45, 2.75) is 27.1 Å². The third kappa shape index (κ3) is 5.46. The molecule has 0 spiro atoms. The highest BCUT2D eigenvalue weighted by Crippen LogP contribution is 2.38. The molecule has 0 aliphatic rings. The van der Waals surface area contributed by atoms with Gasteiger partial charge in [0.05, 0.1) is 11.0 Å². The van der Waals surface area contributed by atoms with E-state index in [4.69, 9.17) is 27.9 Å². The van der Waals surface area contributed by atoms with E-state index in [9.17, 15) is 23.2 Å². The van der Waals surface area contributed by atoms with Gasteiger partial charge >= 0.3 is 12.3 Å². The van der Waals surface area contributed by atoms with Crippen molar-refractivity contribution < 1.29 is 27.4 Å². The molecule has 2 rings (SSSR count). The van der Waals surface area contributed by atoms with E-state index in [0.717, 1.165) is 12.1 Å². The minimum Gasteiger partial charge on any atom is -0.424 e. The molecule has 30 heavy (non-hydrogen) atoms. The second kappa shape index (κ2) is 8.58. The number of hydrogen-bond donors (Lipinski definition) is 0. The highest BCUT2D eigenvalue weighted by atomic mass is 35.5. The molecule has 0 amide bonds. The minimum atomic E-state index is -4.86. The van der Waals surface area contributed by atoms with Crippen molar-refractivity contribution in [3.8, 4) is 11.8 Å². The Kier molecular flexibility index (Phi) is 6.74. The lowest BCUT2D eigenvalue weighted by molar-refractivity contribution is -0.274. The van der Waals surface area contributed by atoms with Gasteiger partial charge in [-0.2, -0.15) is 10.4 Å². The highest BCUT2D eigenvalue weighted by Gasteiger charge is 2.32. The Morgan fingerprint density at radius 2 is 1.73 bits per heavy atom. The van der Waals surface area contributed by atoms with E-state index in [0.29, 0.717) is 0 Å². The Labute approximate surface area is 180 Å². The van der Waals surface area contributed by atoms with Gasteiger partial charge in [-0.1, -0.05) is 23.2 Å². The minimum absolute atomic E-state index is 0.00137. The number of esters is 1. The maximum atomic E-state index is 12.5. The van der Waals surface area contributed by atoms with Gasteiger partial charge in [-0.15, -0.1) is 13.2 Å². The normalized spacial score (nSPS) is 12.8. The van der Waals surface area contributed by atoms with Crippen LogP contribution in [0.15, 0.2) is 24.3 Å². The molecule has 0 aliphatic heterocycles. The van der Waals surface area contributed by atoms with Crippen LogP contribution >= 0.6 is 23.2 Å². The van der Waals surface area contributed by atoms with Crippen LogP contribution in [0.2, 0.25) is 10.3 Å². The van der Waals surface area contributed by atoms with Crippen LogP contribution in [-0.2, 0) is 16.6 Å². The maximum absolute atomic E-state index is 12.5. The van der Waals surface area contributed by atoms with E-state index >= 15 is 0 Å². The van der Waals surface area contributed by atoms with E-state index in [1.807, 2.05) is 6.07 Å². The van der Waals surface area contributed by atoms with Crippen molar-refractivity contribution in [1.82, 2.24) is 9.78 Å². The number of ether oxygens (including phenoxy) is 2. The third-order valence-electron chi connectivity index (χ3n) is 3.68. The van der Waals surface area contributed by atoms with Gasteiger partial charge in [-0.25, -0.2) is 0 Å². The van der Waals surface area contributed by atoms with Crippen molar-refractivity contribution in [2.24, 2.45) is 12.5 Å². The zero-order valence-corrected chi connectivity index (χ0v) is 17.8. The van der Waals surface area contributed by atoms with Crippen molar-refractivity contribution in [2.75, 3.05) is 0 Å². The summed E-state index contributed by atoms with van der Waals surface area (Å²) in [7, 11) is 1.50. The molecule has 160 valence electrons. The van der Waals surface area contributed by atoms with Crippen LogP contribution in [-0.4, -0.2) is 22.1 Å². The molecule has 11 heteroatoms. The molecule has 0 fully saturated rings. The fourth-order valence-electron chi connectivity index (χ4n) is 2.20. The standard InChI is InChI=1S/C19H16Cl2F3N3O3/c1-18(2,3)17(28)29-14(13-15(20)26-27(4)16(13)21)12(9-25)10-5-7-11(8-6-10)30-19(22,23)24/h5-8H,1-4H3/b14-12-. The fourth-order valence-corrected chi connectivity index (χ4v) is 2.75. The second-order valence-corrected chi connectivity index (χ2v) is 7.82. The molecule has 0 saturated carbocycles. The van der Waals surface area contributed by atoms with Crippen LogP contribution in [0.25, 0.3) is 11.3 Å². The Hall–Kier alpha value is -2.70. The number of aromatic nitrogens is 2. The predicted molar refractivity (Wildman–Crippen MR) is 104 cm³/mol. The first kappa shape index (κ1) is 23.6. The average Bonchev–Trinajstić information content (AvgIpc) is 2.86. The number of halogens is 5. The highest BCUT2D eigenvalue weighted by molar-refractivity contribution is 6.37. The van der Waals surface area contributed by atoms with Crippen molar-refractivity contribution >= 4 is 40.5 Å². The van der Waals surface area contributed by atoms with Crippen LogP contribution < -0.4 is 4.74 Å². The average molecular weight is 462 g/mol. The molecule has 0 unspecified atom stereocenters. The monoisotopic (exact) mass is 461 g/mol. The van der Waals surface area contributed by atoms with Crippen molar-refractivity contribution in [3.05, 3.63) is 45.7 Å². The van der Waals surface area contributed by atoms with E-state index < -0.39 is 23.5 Å². The zero-order valence-electron chi connectivity index (χ0n) is 16.3. The topological polar surface area (TPSA) is 77.1 Å². The Morgan fingerprint density at radius 3 is 2.13 bits per heavy atom. The molecule has 1 aromatic carbocycles. The number of benzene rings is 1. The lowest BCUT2D eigenvalue weighted by Gasteiger charge is -2.19. The van der Waals surface area contributed by atoms with Gasteiger partial charge in [0, 0.05) is 7.05 Å². The van der Waals surface area contributed by atoms with Crippen LogP contribution in [0.3, 0.4) is 0 Å². The summed E-state index contributed by atoms with van der Waals surface area (Å²) in [5, 5.41) is 13.6. The first-order valence-corrected chi connectivity index (χ1v) is 9.11. The Morgan fingerprint density at radius 1 is 1.17 bits per heavy atom. The number of alkyl halides is 3. The summed E-state index contributed by atoms with van der Waals surface area (Å²) in [6.45, 7) is 4.82. The number of hydrogen-bond acceptors (Lipinski definition) is 5. The van der Waals surface area contributed by atoms with E-state index in [2.05, 4.69) is 9.84 Å². The number of carbonyl (C=O) groups excluding carboxylic acids is 1. The largest absolute Gasteiger partial charge is 0.573 e. The van der Waals surface area contributed by atoms with Crippen LogP contribution in [0.1, 0.15) is 31.9 Å². The fraction of sp³-hybridized carbons (Fsp3) is 0.316. The molecular formula is C19H16Cl2F3N3O3. The predicted octanol–water partition coefficient (Wildman–Crippen LogP) is 5.61. The molecule has 0 bridgehead atoms. The number of nitriles is 1. The van der Waals surface area contributed by atoms with Crippen molar-refractivity contribution in [3.63, 3.8) is 0 Å². The molecule has 1 heterocycles. The van der Waals surface area contributed by atoms with Gasteiger partial charge in [0.15, 0.2) is 10.9 Å². The second-order valence-electron chi connectivity index (χ2n) is 7.11. The lowest BCUT2D eigenvalue weighted by Crippen LogP contribution is -2.22.